The summed E-state index contributed by atoms with van der Waals surface area (Å²) in [5.41, 5.74) is 0.104. The fraction of sp³-hybridized carbons (Fsp3) is 0.318. The monoisotopic (exact) mass is 452 g/mol. The summed E-state index contributed by atoms with van der Waals surface area (Å²) < 4.78 is 0. The van der Waals surface area contributed by atoms with Crippen molar-refractivity contribution in [3.8, 4) is 0 Å². The van der Waals surface area contributed by atoms with Crippen molar-refractivity contribution in [2.45, 2.75) is 18.0 Å². The van der Waals surface area contributed by atoms with Crippen molar-refractivity contribution in [2.24, 2.45) is 11.8 Å². The third-order valence-electron chi connectivity index (χ3n) is 6.57. The first kappa shape index (κ1) is 20.7. The molecule has 3 heterocycles. The summed E-state index contributed by atoms with van der Waals surface area (Å²) in [7, 11) is 0. The van der Waals surface area contributed by atoms with E-state index in [1.165, 1.54) is 24.3 Å². The Balaban J connectivity index is 1.61. The number of hydrogen-bond donors (Lipinski definition) is 2. The number of amides is 3. The molecule has 0 bridgehead atoms. The van der Waals surface area contributed by atoms with Gasteiger partial charge in [-0.15, -0.1) is 0 Å². The smallest absolute Gasteiger partial charge is 0.269 e. The highest BCUT2D eigenvalue weighted by atomic mass is 32.2. The van der Waals surface area contributed by atoms with Gasteiger partial charge in [0.05, 0.1) is 22.4 Å². The number of nitro benzene ring substituents is 1. The molecule has 164 valence electrons. The van der Waals surface area contributed by atoms with E-state index in [4.69, 9.17) is 0 Å². The summed E-state index contributed by atoms with van der Waals surface area (Å²) in [6, 6.07) is 12.2. The number of anilines is 2. The first-order valence-electron chi connectivity index (χ1n) is 10.2. The van der Waals surface area contributed by atoms with Crippen LogP contribution in [-0.4, -0.2) is 40.7 Å². The Morgan fingerprint density at radius 2 is 1.81 bits per heavy atom. The van der Waals surface area contributed by atoms with Crippen LogP contribution in [0.25, 0.3) is 0 Å². The molecule has 3 aliphatic heterocycles. The lowest BCUT2D eigenvalue weighted by molar-refractivity contribution is -0.384. The number of carbonyl (C=O) groups is 3. The average molecular weight is 452 g/mol. The van der Waals surface area contributed by atoms with Gasteiger partial charge in [-0.1, -0.05) is 18.2 Å². The lowest BCUT2D eigenvalue weighted by Gasteiger charge is -2.29. The van der Waals surface area contributed by atoms with Gasteiger partial charge in [-0.25, -0.2) is 4.90 Å². The van der Waals surface area contributed by atoms with Crippen LogP contribution in [0.3, 0.4) is 0 Å². The van der Waals surface area contributed by atoms with E-state index in [1.54, 1.807) is 30.0 Å². The summed E-state index contributed by atoms with van der Waals surface area (Å²) in [6.07, 6.45) is 2.58. The molecule has 32 heavy (non-hydrogen) atoms. The van der Waals surface area contributed by atoms with E-state index in [1.807, 2.05) is 12.3 Å². The molecule has 0 radical (unpaired) electrons. The minimum Gasteiger partial charge on any atom is -0.324 e. The zero-order chi connectivity index (χ0) is 22.6. The molecule has 5 rings (SSSR count). The molecule has 4 atom stereocenters. The van der Waals surface area contributed by atoms with Gasteiger partial charge in [0, 0.05) is 29.4 Å². The number of non-ortho nitro benzene ring substituents is 1. The fourth-order valence-corrected chi connectivity index (χ4v) is 5.72. The molecule has 3 aliphatic rings. The fourth-order valence-electron chi connectivity index (χ4n) is 5.23. The summed E-state index contributed by atoms with van der Waals surface area (Å²) >= 11 is 1.63. The zero-order valence-electron chi connectivity index (χ0n) is 17.1. The van der Waals surface area contributed by atoms with Gasteiger partial charge >= 0.3 is 0 Å². The van der Waals surface area contributed by atoms with Gasteiger partial charge in [-0.2, -0.15) is 11.8 Å². The Kier molecular flexibility index (Phi) is 4.79. The summed E-state index contributed by atoms with van der Waals surface area (Å²) in [6.45, 7) is 0. The Hall–Kier alpha value is -3.24. The second-order valence-corrected chi connectivity index (χ2v) is 9.11. The summed E-state index contributed by atoms with van der Waals surface area (Å²) in [5.74, 6) is -2.05. The highest BCUT2D eigenvalue weighted by Gasteiger charge is 2.70. The maximum atomic E-state index is 13.7. The van der Waals surface area contributed by atoms with Gasteiger partial charge in [0.2, 0.25) is 17.7 Å². The van der Waals surface area contributed by atoms with Crippen LogP contribution in [0.4, 0.5) is 17.1 Å². The van der Waals surface area contributed by atoms with Crippen molar-refractivity contribution in [1.82, 2.24) is 5.32 Å². The molecule has 2 N–H and O–H groups in total. The van der Waals surface area contributed by atoms with Gasteiger partial charge in [0.25, 0.3) is 5.69 Å². The first-order chi connectivity index (χ1) is 15.4. The number of imide groups is 1. The predicted molar refractivity (Wildman–Crippen MR) is 119 cm³/mol. The lowest BCUT2D eigenvalue weighted by atomic mass is 9.76. The van der Waals surface area contributed by atoms with Crippen LogP contribution in [0, 0.1) is 22.0 Å². The standard InChI is InChI=1S/C22H20N4O5S/c1-32-11-10-16-17-18(22(24-16)14-4-2-3-5-15(14)23-21(22)29)20(28)25(19(17)27)12-6-8-13(9-7-12)26(30)31/h2-9,16-18,24H,10-11H2,1H3,(H,23,29)/t16-,17+,18+,22+/m1/s1. The molecule has 0 aromatic heterocycles. The molecule has 2 saturated heterocycles. The van der Waals surface area contributed by atoms with Gasteiger partial charge < -0.3 is 5.32 Å². The van der Waals surface area contributed by atoms with Gasteiger partial charge in [0.1, 0.15) is 5.54 Å². The molecule has 10 heteroatoms. The number of fused-ring (bicyclic) bond motifs is 4. The molecule has 1 spiro atoms. The number of nitrogens with one attached hydrogen (secondary N) is 2. The van der Waals surface area contributed by atoms with Crippen LogP contribution < -0.4 is 15.5 Å². The van der Waals surface area contributed by atoms with Crippen molar-refractivity contribution in [2.75, 3.05) is 22.2 Å². The minimum atomic E-state index is -1.33. The van der Waals surface area contributed by atoms with Crippen molar-refractivity contribution in [3.05, 3.63) is 64.2 Å². The maximum Gasteiger partial charge on any atom is 0.269 e. The van der Waals surface area contributed by atoms with Gasteiger partial charge in [-0.05, 0) is 36.6 Å². The van der Waals surface area contributed by atoms with Crippen molar-refractivity contribution < 1.29 is 19.3 Å². The zero-order valence-corrected chi connectivity index (χ0v) is 17.9. The third-order valence-corrected chi connectivity index (χ3v) is 7.22. The van der Waals surface area contributed by atoms with Crippen LogP contribution in [0.5, 0.6) is 0 Å². The molecule has 0 aliphatic carbocycles. The van der Waals surface area contributed by atoms with E-state index in [2.05, 4.69) is 10.6 Å². The largest absolute Gasteiger partial charge is 0.324 e. The number of nitro groups is 1. The molecule has 2 aromatic rings. The van der Waals surface area contributed by atoms with Gasteiger partial charge in [0.15, 0.2) is 0 Å². The van der Waals surface area contributed by atoms with E-state index >= 15 is 0 Å². The number of nitrogens with zero attached hydrogens (tertiary/aromatic N) is 2. The van der Waals surface area contributed by atoms with E-state index in [9.17, 15) is 24.5 Å². The van der Waals surface area contributed by atoms with Crippen LogP contribution in [-0.2, 0) is 19.9 Å². The second-order valence-electron chi connectivity index (χ2n) is 8.13. The number of rotatable bonds is 5. The van der Waals surface area contributed by atoms with Crippen molar-refractivity contribution in [3.63, 3.8) is 0 Å². The van der Waals surface area contributed by atoms with Gasteiger partial charge in [-0.3, -0.25) is 29.8 Å². The molecule has 2 aromatic carbocycles. The van der Waals surface area contributed by atoms with Crippen LogP contribution >= 0.6 is 11.8 Å². The molecule has 2 fully saturated rings. The van der Waals surface area contributed by atoms with Crippen LogP contribution in [0.15, 0.2) is 48.5 Å². The van der Waals surface area contributed by atoms with E-state index in [0.717, 1.165) is 10.7 Å². The number of hydrogen-bond acceptors (Lipinski definition) is 7. The third kappa shape index (κ3) is 2.72. The van der Waals surface area contributed by atoms with E-state index < -0.39 is 28.2 Å². The van der Waals surface area contributed by atoms with E-state index in [-0.39, 0.29) is 29.2 Å². The average Bonchev–Trinajstić information content (AvgIpc) is 3.37. The summed E-state index contributed by atoms with van der Waals surface area (Å²) in [4.78, 5) is 52.1. The molecular formula is C22H20N4O5S. The van der Waals surface area contributed by atoms with Crippen molar-refractivity contribution >= 4 is 46.5 Å². The summed E-state index contributed by atoms with van der Waals surface area (Å²) in [5, 5.41) is 17.2. The Morgan fingerprint density at radius 3 is 2.50 bits per heavy atom. The van der Waals surface area contributed by atoms with E-state index in [0.29, 0.717) is 17.7 Å². The Morgan fingerprint density at radius 1 is 1.09 bits per heavy atom. The number of thioether (sulfide) groups is 1. The quantitative estimate of drug-likeness (QED) is 0.405. The molecule has 0 unspecified atom stereocenters. The second kappa shape index (κ2) is 7.42. The SMILES string of the molecule is CSCC[C@H]1N[C@]2(C(=O)Nc3ccccc32)[C@@H]2C(=O)N(c3ccc([N+](=O)[O-])cc3)C(=O)[C@H]21. The number of benzene rings is 2. The molecular weight excluding hydrogens is 432 g/mol. The molecule has 0 saturated carbocycles. The minimum absolute atomic E-state index is 0.131. The number of para-hydroxylation sites is 1. The Bertz CT molecular complexity index is 1150. The highest BCUT2D eigenvalue weighted by molar-refractivity contribution is 7.98. The van der Waals surface area contributed by atoms with Crippen molar-refractivity contribution in [1.29, 1.82) is 0 Å². The topological polar surface area (TPSA) is 122 Å². The molecule has 3 amide bonds. The first-order valence-corrected chi connectivity index (χ1v) is 11.6. The lowest BCUT2D eigenvalue weighted by Crippen LogP contribution is -2.53. The van der Waals surface area contributed by atoms with Crippen LogP contribution in [0.2, 0.25) is 0 Å². The normalized spacial score (nSPS) is 28.2. The van der Waals surface area contributed by atoms with Crippen LogP contribution in [0.1, 0.15) is 12.0 Å². The number of carbonyl (C=O) groups excluding carboxylic acids is 3. The molecule has 9 nitrogen and oxygen atoms in total. The Labute approximate surface area is 187 Å². The predicted octanol–water partition coefficient (Wildman–Crippen LogP) is 2.27. The highest BCUT2D eigenvalue weighted by Crippen LogP contribution is 2.54. The maximum absolute atomic E-state index is 13.7.